The third-order valence-electron chi connectivity index (χ3n) is 4.39. The van der Waals surface area contributed by atoms with Gasteiger partial charge >= 0.3 is 0 Å². The van der Waals surface area contributed by atoms with E-state index in [1.807, 2.05) is 30.0 Å². The van der Waals surface area contributed by atoms with Gasteiger partial charge in [0.25, 0.3) is 0 Å². The predicted octanol–water partition coefficient (Wildman–Crippen LogP) is 3.82. The summed E-state index contributed by atoms with van der Waals surface area (Å²) in [6.45, 7) is 2.75. The molecule has 3 aromatic heterocycles. The molecular weight excluding hydrogens is 342 g/mol. The first-order chi connectivity index (χ1) is 11.8. The molecular formula is C17H18ClN5S. The monoisotopic (exact) mass is 359 g/mol. The van der Waals surface area contributed by atoms with E-state index in [1.54, 1.807) is 17.5 Å². The lowest BCUT2D eigenvalue weighted by molar-refractivity contribution is 0.473. The van der Waals surface area contributed by atoms with Crippen molar-refractivity contribution in [2.45, 2.75) is 25.3 Å². The molecule has 0 aromatic carbocycles. The summed E-state index contributed by atoms with van der Waals surface area (Å²) >= 11 is 7.58. The molecule has 0 N–H and O–H groups in total. The highest BCUT2D eigenvalue weighted by Crippen LogP contribution is 2.29. The van der Waals surface area contributed by atoms with Crippen LogP contribution in [0, 0.1) is 0 Å². The number of halogens is 1. The molecule has 7 heteroatoms. The zero-order chi connectivity index (χ0) is 16.4. The molecule has 3 aromatic rings. The highest BCUT2D eigenvalue weighted by atomic mass is 35.5. The zero-order valence-corrected chi connectivity index (χ0v) is 14.7. The maximum absolute atomic E-state index is 5.95. The summed E-state index contributed by atoms with van der Waals surface area (Å²) in [4.78, 5) is 15.8. The van der Waals surface area contributed by atoms with Crippen LogP contribution >= 0.6 is 22.9 Å². The van der Waals surface area contributed by atoms with Crippen LogP contribution in [0.1, 0.15) is 30.3 Å². The molecule has 0 bridgehead atoms. The Balaban J connectivity index is 1.52. The van der Waals surface area contributed by atoms with Crippen LogP contribution in [0.25, 0.3) is 0 Å². The molecule has 0 radical (unpaired) electrons. The number of anilines is 1. The molecule has 0 amide bonds. The minimum Gasteiger partial charge on any atom is -0.356 e. The summed E-state index contributed by atoms with van der Waals surface area (Å²) in [6, 6.07) is 3.89. The Morgan fingerprint density at radius 2 is 2.21 bits per heavy atom. The molecule has 4 rings (SSSR count). The van der Waals surface area contributed by atoms with Gasteiger partial charge in [-0.3, -0.25) is 0 Å². The van der Waals surface area contributed by atoms with Crippen molar-refractivity contribution in [1.29, 1.82) is 0 Å². The maximum Gasteiger partial charge on any atom is 0.128 e. The lowest BCUT2D eigenvalue weighted by atomic mass is 9.97. The summed E-state index contributed by atoms with van der Waals surface area (Å²) in [6.07, 6.45) is 7.94. The van der Waals surface area contributed by atoms with Crippen molar-refractivity contribution in [2.75, 3.05) is 18.0 Å². The van der Waals surface area contributed by atoms with Gasteiger partial charge in [-0.05, 0) is 25.0 Å². The molecule has 1 atom stereocenters. The fourth-order valence-electron chi connectivity index (χ4n) is 3.26. The summed E-state index contributed by atoms with van der Waals surface area (Å²) in [5, 5.41) is 2.76. The van der Waals surface area contributed by atoms with Gasteiger partial charge in [0.2, 0.25) is 0 Å². The van der Waals surface area contributed by atoms with Crippen LogP contribution in [0.4, 0.5) is 5.82 Å². The third-order valence-corrected chi connectivity index (χ3v) is 5.24. The standard InChI is InChI=1S/C17H18ClN5S/c18-14-3-4-16(20-8-14)22-6-1-2-13(9-22)17-19-5-7-23(17)10-15-11-24-12-21-15/h3-5,7-8,11-13H,1-2,6,9-10H2/t13-/m0/s1. The van der Waals surface area contributed by atoms with Crippen molar-refractivity contribution < 1.29 is 0 Å². The van der Waals surface area contributed by atoms with Crippen LogP contribution in [-0.2, 0) is 6.54 Å². The number of pyridine rings is 1. The largest absolute Gasteiger partial charge is 0.356 e. The minimum atomic E-state index is 0.407. The van der Waals surface area contributed by atoms with Crippen molar-refractivity contribution in [3.05, 3.63) is 58.2 Å². The number of thiazole rings is 1. The van der Waals surface area contributed by atoms with E-state index >= 15 is 0 Å². The Hall–Kier alpha value is -1.92. The van der Waals surface area contributed by atoms with Gasteiger partial charge in [-0.1, -0.05) is 11.6 Å². The van der Waals surface area contributed by atoms with Crippen molar-refractivity contribution in [2.24, 2.45) is 0 Å². The number of hydrogen-bond donors (Lipinski definition) is 0. The van der Waals surface area contributed by atoms with E-state index in [-0.39, 0.29) is 0 Å². The summed E-state index contributed by atoms with van der Waals surface area (Å²) < 4.78 is 2.22. The van der Waals surface area contributed by atoms with Gasteiger partial charge in [0.15, 0.2) is 0 Å². The average molecular weight is 360 g/mol. The van der Waals surface area contributed by atoms with Gasteiger partial charge in [0, 0.05) is 43.0 Å². The van der Waals surface area contributed by atoms with E-state index in [0.717, 1.165) is 49.8 Å². The highest BCUT2D eigenvalue weighted by Gasteiger charge is 2.25. The van der Waals surface area contributed by atoms with Gasteiger partial charge in [-0.15, -0.1) is 11.3 Å². The second-order valence-corrected chi connectivity index (χ2v) is 7.17. The van der Waals surface area contributed by atoms with Crippen LogP contribution in [0.2, 0.25) is 5.02 Å². The third kappa shape index (κ3) is 3.30. The molecule has 124 valence electrons. The fraction of sp³-hybridized carbons (Fsp3) is 0.353. The summed E-state index contributed by atoms with van der Waals surface area (Å²) in [5.74, 6) is 2.54. The first-order valence-corrected chi connectivity index (χ1v) is 9.36. The highest BCUT2D eigenvalue weighted by molar-refractivity contribution is 7.07. The number of hydrogen-bond acceptors (Lipinski definition) is 5. The van der Waals surface area contributed by atoms with Crippen molar-refractivity contribution in [3.8, 4) is 0 Å². The number of imidazole rings is 1. The molecule has 0 aliphatic carbocycles. The molecule has 1 aliphatic heterocycles. The first kappa shape index (κ1) is 15.6. The molecule has 0 spiro atoms. The molecule has 1 aliphatic rings. The van der Waals surface area contributed by atoms with E-state index in [1.165, 1.54) is 0 Å². The van der Waals surface area contributed by atoms with Crippen LogP contribution in [0.15, 0.2) is 41.6 Å². The molecule has 1 fully saturated rings. The Kier molecular flexibility index (Phi) is 4.49. The average Bonchev–Trinajstić information content (AvgIpc) is 3.28. The van der Waals surface area contributed by atoms with E-state index < -0.39 is 0 Å². The number of nitrogens with zero attached hydrogens (tertiary/aromatic N) is 5. The van der Waals surface area contributed by atoms with Gasteiger partial charge in [-0.2, -0.15) is 0 Å². The van der Waals surface area contributed by atoms with Gasteiger partial charge in [0.1, 0.15) is 11.6 Å². The summed E-state index contributed by atoms with van der Waals surface area (Å²) in [7, 11) is 0. The molecule has 1 saturated heterocycles. The smallest absolute Gasteiger partial charge is 0.128 e. The lowest BCUT2D eigenvalue weighted by Crippen LogP contribution is -2.35. The Morgan fingerprint density at radius 3 is 3.00 bits per heavy atom. The molecule has 4 heterocycles. The second kappa shape index (κ2) is 6.91. The zero-order valence-electron chi connectivity index (χ0n) is 13.2. The van der Waals surface area contributed by atoms with Crippen LogP contribution < -0.4 is 4.90 Å². The van der Waals surface area contributed by atoms with Gasteiger partial charge in [0.05, 0.1) is 22.8 Å². The molecule has 5 nitrogen and oxygen atoms in total. The normalized spacial score (nSPS) is 18.0. The van der Waals surface area contributed by atoms with Crippen LogP contribution in [-0.4, -0.2) is 32.6 Å². The quantitative estimate of drug-likeness (QED) is 0.710. The van der Waals surface area contributed by atoms with E-state index in [9.17, 15) is 0 Å². The minimum absolute atomic E-state index is 0.407. The van der Waals surface area contributed by atoms with Gasteiger partial charge < -0.3 is 9.47 Å². The first-order valence-electron chi connectivity index (χ1n) is 8.04. The second-order valence-electron chi connectivity index (χ2n) is 6.01. The fourth-order valence-corrected chi connectivity index (χ4v) is 3.92. The van der Waals surface area contributed by atoms with Gasteiger partial charge in [-0.25, -0.2) is 15.0 Å². The van der Waals surface area contributed by atoms with Crippen LogP contribution in [0.5, 0.6) is 0 Å². The Morgan fingerprint density at radius 1 is 1.25 bits per heavy atom. The summed E-state index contributed by atoms with van der Waals surface area (Å²) in [5.41, 5.74) is 2.96. The Bertz CT molecular complexity index is 784. The maximum atomic E-state index is 5.95. The van der Waals surface area contributed by atoms with Crippen molar-refractivity contribution >= 4 is 28.8 Å². The van der Waals surface area contributed by atoms with Crippen molar-refractivity contribution in [3.63, 3.8) is 0 Å². The predicted molar refractivity (Wildman–Crippen MR) is 96.9 cm³/mol. The van der Waals surface area contributed by atoms with Crippen LogP contribution in [0.3, 0.4) is 0 Å². The molecule has 24 heavy (non-hydrogen) atoms. The lowest BCUT2D eigenvalue weighted by Gasteiger charge is -2.33. The van der Waals surface area contributed by atoms with E-state index in [4.69, 9.17) is 11.6 Å². The van der Waals surface area contributed by atoms with E-state index in [2.05, 4.69) is 29.8 Å². The number of rotatable bonds is 4. The molecule has 0 saturated carbocycles. The van der Waals surface area contributed by atoms with Crippen molar-refractivity contribution in [1.82, 2.24) is 19.5 Å². The topological polar surface area (TPSA) is 46.8 Å². The molecule has 0 unspecified atom stereocenters. The number of aromatic nitrogens is 4. The van der Waals surface area contributed by atoms with E-state index in [0.29, 0.717) is 10.9 Å². The SMILES string of the molecule is Clc1ccc(N2CCC[C@H](c3nccn3Cc3cscn3)C2)nc1. The Labute approximate surface area is 150 Å². The number of piperidine rings is 1.